The normalized spacial score (nSPS) is 18.6. The molecule has 0 aliphatic carbocycles. The Kier molecular flexibility index (Phi) is 3.40. The lowest BCUT2D eigenvalue weighted by molar-refractivity contribution is 0.101. The molecule has 2 aromatic rings. The predicted molar refractivity (Wildman–Crippen MR) is 78.1 cm³/mol. The zero-order chi connectivity index (χ0) is 14.1. The summed E-state index contributed by atoms with van der Waals surface area (Å²) in [6.07, 6.45) is 4.51. The van der Waals surface area contributed by atoms with E-state index in [1.54, 1.807) is 19.3 Å². The molecule has 1 aliphatic heterocycles. The maximum atomic E-state index is 11.8. The second kappa shape index (κ2) is 5.20. The summed E-state index contributed by atoms with van der Waals surface area (Å²) >= 11 is 0. The van der Waals surface area contributed by atoms with E-state index in [1.165, 1.54) is 0 Å². The van der Waals surface area contributed by atoms with E-state index in [9.17, 15) is 4.79 Å². The van der Waals surface area contributed by atoms with E-state index in [4.69, 9.17) is 0 Å². The predicted octanol–water partition coefficient (Wildman–Crippen LogP) is 1.43. The maximum Gasteiger partial charge on any atom is 0.163 e. The lowest BCUT2D eigenvalue weighted by atomic mass is 10.1. The summed E-state index contributed by atoms with van der Waals surface area (Å²) in [5, 5.41) is 12.1. The number of nitrogens with zero attached hydrogens (tertiary/aromatic N) is 3. The van der Waals surface area contributed by atoms with Gasteiger partial charge in [0.2, 0.25) is 0 Å². The van der Waals surface area contributed by atoms with E-state index in [2.05, 4.69) is 20.7 Å². The molecule has 3 heterocycles. The van der Waals surface area contributed by atoms with E-state index >= 15 is 0 Å². The van der Waals surface area contributed by atoms with Crippen molar-refractivity contribution in [2.75, 3.05) is 18.4 Å². The third kappa shape index (κ3) is 2.16. The van der Waals surface area contributed by atoms with Crippen LogP contribution in [0.25, 0.3) is 11.0 Å². The maximum absolute atomic E-state index is 11.8. The van der Waals surface area contributed by atoms with Gasteiger partial charge in [0.25, 0.3) is 0 Å². The van der Waals surface area contributed by atoms with Crippen molar-refractivity contribution >= 4 is 22.5 Å². The van der Waals surface area contributed by atoms with Gasteiger partial charge in [0.05, 0.1) is 22.8 Å². The molecule has 0 aromatic carbocycles. The number of Topliss-reactive ketones (excluding diaryl/α,β-unsaturated/α-hetero) is 1. The number of hydrogen-bond acceptors (Lipinski definition) is 5. The van der Waals surface area contributed by atoms with E-state index in [0.29, 0.717) is 11.6 Å². The summed E-state index contributed by atoms with van der Waals surface area (Å²) in [6.45, 7) is 6.30. The molecule has 1 aliphatic rings. The van der Waals surface area contributed by atoms with E-state index in [-0.39, 0.29) is 5.78 Å². The van der Waals surface area contributed by atoms with Crippen molar-refractivity contribution in [3.05, 3.63) is 18.0 Å². The number of anilines is 1. The molecule has 1 saturated heterocycles. The second-order valence-corrected chi connectivity index (χ2v) is 5.13. The minimum absolute atomic E-state index is 0.0251. The van der Waals surface area contributed by atoms with Crippen molar-refractivity contribution in [2.24, 2.45) is 0 Å². The van der Waals surface area contributed by atoms with Gasteiger partial charge in [-0.25, -0.2) is 9.67 Å². The highest BCUT2D eigenvalue weighted by molar-refractivity contribution is 6.06. The molecule has 20 heavy (non-hydrogen) atoms. The van der Waals surface area contributed by atoms with Gasteiger partial charge in [-0.05, 0) is 26.8 Å². The lowest BCUT2D eigenvalue weighted by Gasteiger charge is -2.16. The fourth-order valence-electron chi connectivity index (χ4n) is 2.66. The average Bonchev–Trinajstić information content (AvgIpc) is 3.07. The highest BCUT2D eigenvalue weighted by Crippen LogP contribution is 2.27. The summed E-state index contributed by atoms with van der Waals surface area (Å²) in [6, 6.07) is 0.351. The van der Waals surface area contributed by atoms with Crippen LogP contribution in [0, 0.1) is 0 Å². The SMILES string of the molecule is CCn1ncc2c(N[C@H]3CCNC3)c(C(C)=O)cnc21. The van der Waals surface area contributed by atoms with Gasteiger partial charge in [0, 0.05) is 25.3 Å². The summed E-state index contributed by atoms with van der Waals surface area (Å²) in [4.78, 5) is 16.2. The zero-order valence-electron chi connectivity index (χ0n) is 11.8. The van der Waals surface area contributed by atoms with Crippen molar-refractivity contribution in [1.29, 1.82) is 0 Å². The molecule has 0 bridgehead atoms. The topological polar surface area (TPSA) is 71.8 Å². The Balaban J connectivity index is 2.10. The standard InChI is InChI=1S/C14H19N5O/c1-3-19-14-12(8-17-19)13(11(7-16-14)9(2)20)18-10-4-5-15-6-10/h7-8,10,15H,3-6H2,1-2H3,(H,16,18)/t10-/m0/s1. The van der Waals surface area contributed by atoms with Gasteiger partial charge in [-0.3, -0.25) is 4.79 Å². The number of rotatable bonds is 4. The van der Waals surface area contributed by atoms with Crippen molar-refractivity contribution in [2.45, 2.75) is 32.9 Å². The quantitative estimate of drug-likeness (QED) is 0.825. The molecule has 2 aromatic heterocycles. The Morgan fingerprint density at radius 2 is 2.40 bits per heavy atom. The number of aryl methyl sites for hydroxylation is 1. The fourth-order valence-corrected chi connectivity index (χ4v) is 2.66. The van der Waals surface area contributed by atoms with Gasteiger partial charge < -0.3 is 10.6 Å². The third-order valence-corrected chi connectivity index (χ3v) is 3.75. The first-order chi connectivity index (χ1) is 9.70. The lowest BCUT2D eigenvalue weighted by Crippen LogP contribution is -2.23. The molecule has 3 rings (SSSR count). The molecule has 0 amide bonds. The Bertz CT molecular complexity index is 642. The number of carbonyl (C=O) groups excluding carboxylic acids is 1. The fraction of sp³-hybridized carbons (Fsp3) is 0.500. The van der Waals surface area contributed by atoms with Gasteiger partial charge in [0.1, 0.15) is 0 Å². The van der Waals surface area contributed by atoms with Crippen molar-refractivity contribution in [3.63, 3.8) is 0 Å². The van der Waals surface area contributed by atoms with Crippen LogP contribution >= 0.6 is 0 Å². The first-order valence-electron chi connectivity index (χ1n) is 7.03. The molecule has 6 heteroatoms. The molecular formula is C14H19N5O. The first kappa shape index (κ1) is 13.1. The van der Waals surface area contributed by atoms with E-state index in [1.807, 2.05) is 11.6 Å². The van der Waals surface area contributed by atoms with Crippen LogP contribution < -0.4 is 10.6 Å². The number of hydrogen-bond donors (Lipinski definition) is 2. The van der Waals surface area contributed by atoms with Crippen LogP contribution in [0.4, 0.5) is 5.69 Å². The Labute approximate surface area is 117 Å². The van der Waals surface area contributed by atoms with Crippen LogP contribution in [0.5, 0.6) is 0 Å². The smallest absolute Gasteiger partial charge is 0.163 e. The minimum Gasteiger partial charge on any atom is -0.380 e. The zero-order valence-corrected chi connectivity index (χ0v) is 11.8. The molecule has 0 unspecified atom stereocenters. The van der Waals surface area contributed by atoms with Crippen molar-refractivity contribution in [1.82, 2.24) is 20.1 Å². The number of carbonyl (C=O) groups is 1. The van der Waals surface area contributed by atoms with Gasteiger partial charge in [0.15, 0.2) is 11.4 Å². The van der Waals surface area contributed by atoms with Gasteiger partial charge in [-0.2, -0.15) is 5.10 Å². The molecular weight excluding hydrogens is 254 g/mol. The molecule has 6 nitrogen and oxygen atoms in total. The van der Waals surface area contributed by atoms with Gasteiger partial charge in [-0.1, -0.05) is 0 Å². The molecule has 106 valence electrons. The largest absolute Gasteiger partial charge is 0.380 e. The number of fused-ring (bicyclic) bond motifs is 1. The minimum atomic E-state index is 0.0251. The summed E-state index contributed by atoms with van der Waals surface area (Å²) in [7, 11) is 0. The Morgan fingerprint density at radius 1 is 1.55 bits per heavy atom. The molecule has 2 N–H and O–H groups in total. The van der Waals surface area contributed by atoms with Crippen molar-refractivity contribution < 1.29 is 4.79 Å². The molecule has 0 spiro atoms. The number of ketones is 1. The van der Waals surface area contributed by atoms with Crippen LogP contribution in [0.2, 0.25) is 0 Å². The highest BCUT2D eigenvalue weighted by Gasteiger charge is 2.20. The summed E-state index contributed by atoms with van der Waals surface area (Å²) in [5.74, 6) is 0.0251. The number of aromatic nitrogens is 3. The Morgan fingerprint density at radius 3 is 3.05 bits per heavy atom. The molecule has 1 atom stereocenters. The van der Waals surface area contributed by atoms with Crippen LogP contribution in [0.3, 0.4) is 0 Å². The third-order valence-electron chi connectivity index (χ3n) is 3.75. The Hall–Kier alpha value is -1.95. The van der Waals surface area contributed by atoms with Gasteiger partial charge >= 0.3 is 0 Å². The highest BCUT2D eigenvalue weighted by atomic mass is 16.1. The van der Waals surface area contributed by atoms with E-state index in [0.717, 1.165) is 42.8 Å². The van der Waals surface area contributed by atoms with Crippen LogP contribution in [0.1, 0.15) is 30.6 Å². The monoisotopic (exact) mass is 273 g/mol. The number of pyridine rings is 1. The first-order valence-corrected chi connectivity index (χ1v) is 7.03. The molecule has 1 fully saturated rings. The van der Waals surface area contributed by atoms with Crippen LogP contribution in [0.15, 0.2) is 12.4 Å². The van der Waals surface area contributed by atoms with Crippen LogP contribution in [-0.4, -0.2) is 39.7 Å². The van der Waals surface area contributed by atoms with E-state index < -0.39 is 0 Å². The second-order valence-electron chi connectivity index (χ2n) is 5.13. The van der Waals surface area contributed by atoms with Crippen molar-refractivity contribution in [3.8, 4) is 0 Å². The summed E-state index contributed by atoms with van der Waals surface area (Å²) in [5.41, 5.74) is 2.34. The van der Waals surface area contributed by atoms with Gasteiger partial charge in [-0.15, -0.1) is 0 Å². The molecule has 0 radical (unpaired) electrons. The average molecular weight is 273 g/mol. The number of nitrogens with one attached hydrogen (secondary N) is 2. The summed E-state index contributed by atoms with van der Waals surface area (Å²) < 4.78 is 1.84. The molecule has 0 saturated carbocycles. The van der Waals surface area contributed by atoms with Crippen LogP contribution in [-0.2, 0) is 6.54 Å².